The van der Waals surface area contributed by atoms with E-state index in [9.17, 15) is 15.0 Å². The lowest BCUT2D eigenvalue weighted by Crippen LogP contribution is -2.33. The van der Waals surface area contributed by atoms with Crippen molar-refractivity contribution in [2.75, 3.05) is 6.61 Å². The number of hydrogen-bond acceptors (Lipinski definition) is 8. The summed E-state index contributed by atoms with van der Waals surface area (Å²) in [5.74, 6) is 0. The van der Waals surface area contributed by atoms with E-state index in [2.05, 4.69) is 20.4 Å². The maximum Gasteiger partial charge on any atom is 0.293 e. The zero-order chi connectivity index (χ0) is 13.6. The Morgan fingerprint density at radius 1 is 1.42 bits per heavy atom. The van der Waals surface area contributed by atoms with Gasteiger partial charge in [0, 0.05) is 0 Å². The Morgan fingerprint density at radius 3 is 2.89 bits per heavy atom. The van der Waals surface area contributed by atoms with E-state index < -0.39 is 36.7 Å². The number of aromatic amines is 1. The molecule has 0 unspecified atom stereocenters. The van der Waals surface area contributed by atoms with E-state index in [1.54, 1.807) is 0 Å². The molecule has 0 bridgehead atoms. The summed E-state index contributed by atoms with van der Waals surface area (Å²) >= 11 is 0. The SMILES string of the molecule is O=c1[nH]nnc2ncn([C@@H]3O[C@H](CO)[C@@H](O)[C@H]3O)c12. The first kappa shape index (κ1) is 12.2. The van der Waals surface area contributed by atoms with Crippen molar-refractivity contribution >= 4 is 11.2 Å². The second kappa shape index (κ2) is 4.35. The molecule has 0 saturated carbocycles. The van der Waals surface area contributed by atoms with Crippen LogP contribution in [0.1, 0.15) is 6.23 Å². The van der Waals surface area contributed by atoms with E-state index in [1.807, 2.05) is 0 Å². The summed E-state index contributed by atoms with van der Waals surface area (Å²) in [5.41, 5.74) is -0.369. The molecule has 102 valence electrons. The number of ether oxygens (including phenoxy) is 1. The van der Waals surface area contributed by atoms with Gasteiger partial charge in [-0.05, 0) is 0 Å². The highest BCUT2D eigenvalue weighted by molar-refractivity contribution is 5.68. The number of rotatable bonds is 2. The highest BCUT2D eigenvalue weighted by atomic mass is 16.6. The third-order valence-corrected chi connectivity index (χ3v) is 3.08. The van der Waals surface area contributed by atoms with E-state index >= 15 is 0 Å². The third kappa shape index (κ3) is 1.73. The lowest BCUT2D eigenvalue weighted by molar-refractivity contribution is -0.0509. The number of imidazole rings is 1. The molecule has 0 aliphatic carbocycles. The predicted molar refractivity (Wildman–Crippen MR) is 59.0 cm³/mol. The van der Waals surface area contributed by atoms with Gasteiger partial charge < -0.3 is 20.1 Å². The highest BCUT2D eigenvalue weighted by Gasteiger charge is 2.44. The molecule has 0 radical (unpaired) electrons. The van der Waals surface area contributed by atoms with Crippen molar-refractivity contribution in [3.8, 4) is 0 Å². The van der Waals surface area contributed by atoms with Crippen molar-refractivity contribution in [1.29, 1.82) is 0 Å². The minimum atomic E-state index is -1.29. The molecule has 1 aliphatic rings. The molecule has 0 amide bonds. The molecule has 2 aromatic rings. The van der Waals surface area contributed by atoms with Gasteiger partial charge in [-0.15, -0.1) is 5.10 Å². The first-order valence-electron chi connectivity index (χ1n) is 5.54. The predicted octanol–water partition coefficient (Wildman–Crippen LogP) is -2.87. The summed E-state index contributed by atoms with van der Waals surface area (Å²) in [6, 6.07) is 0. The van der Waals surface area contributed by atoms with Gasteiger partial charge in [0.05, 0.1) is 6.61 Å². The molecule has 3 heterocycles. The van der Waals surface area contributed by atoms with Gasteiger partial charge >= 0.3 is 0 Å². The Hall–Kier alpha value is -1.88. The summed E-state index contributed by atoms with van der Waals surface area (Å²) < 4.78 is 6.57. The number of hydrogen-bond donors (Lipinski definition) is 4. The first-order valence-corrected chi connectivity index (χ1v) is 5.54. The van der Waals surface area contributed by atoms with E-state index in [4.69, 9.17) is 9.84 Å². The molecule has 1 saturated heterocycles. The zero-order valence-corrected chi connectivity index (χ0v) is 9.54. The average Bonchev–Trinajstić information content (AvgIpc) is 2.94. The Balaban J connectivity index is 2.08. The van der Waals surface area contributed by atoms with Crippen LogP contribution in [0.25, 0.3) is 11.2 Å². The molecule has 0 aromatic carbocycles. The smallest absolute Gasteiger partial charge is 0.293 e. The van der Waals surface area contributed by atoms with Crippen molar-refractivity contribution in [2.45, 2.75) is 24.5 Å². The standard InChI is InChI=1S/C9H11N5O5/c15-1-3-5(16)6(17)9(19-3)14-2-10-7-4(14)8(18)12-13-11-7/h2-3,5-6,9,15-17H,1H2,(H,11,12,18)/t3-,5-,6-,9-/m1/s1. The number of aliphatic hydroxyl groups is 3. The van der Waals surface area contributed by atoms with Crippen LogP contribution < -0.4 is 5.56 Å². The average molecular weight is 269 g/mol. The van der Waals surface area contributed by atoms with Crippen LogP contribution in [0.15, 0.2) is 11.1 Å². The Bertz CT molecular complexity index is 654. The highest BCUT2D eigenvalue weighted by Crippen LogP contribution is 2.30. The number of fused-ring (bicyclic) bond motifs is 1. The van der Waals surface area contributed by atoms with Gasteiger partial charge in [-0.2, -0.15) is 0 Å². The Kier molecular flexibility index (Phi) is 2.78. The van der Waals surface area contributed by atoms with Crippen LogP contribution >= 0.6 is 0 Å². The quantitative estimate of drug-likeness (QED) is 0.455. The molecule has 19 heavy (non-hydrogen) atoms. The van der Waals surface area contributed by atoms with Crippen LogP contribution in [0.5, 0.6) is 0 Å². The molecule has 4 atom stereocenters. The van der Waals surface area contributed by atoms with Gasteiger partial charge in [-0.25, -0.2) is 10.1 Å². The number of nitrogens with one attached hydrogen (secondary N) is 1. The number of aliphatic hydroxyl groups excluding tert-OH is 3. The second-order valence-electron chi connectivity index (χ2n) is 4.19. The van der Waals surface area contributed by atoms with Crippen molar-refractivity contribution in [1.82, 2.24) is 25.0 Å². The molecule has 2 aromatic heterocycles. The summed E-state index contributed by atoms with van der Waals surface area (Å²) in [6.07, 6.45) is -3.23. The van der Waals surface area contributed by atoms with Crippen molar-refractivity contribution < 1.29 is 20.1 Å². The number of aromatic nitrogens is 5. The van der Waals surface area contributed by atoms with Gasteiger partial charge in [0.15, 0.2) is 11.7 Å². The summed E-state index contributed by atoms with van der Waals surface area (Å²) in [5, 5.41) is 37.8. The maximum absolute atomic E-state index is 11.7. The molecule has 10 heteroatoms. The minimum Gasteiger partial charge on any atom is -0.394 e. The van der Waals surface area contributed by atoms with Gasteiger partial charge in [0.25, 0.3) is 5.56 Å². The van der Waals surface area contributed by atoms with Crippen molar-refractivity contribution in [2.24, 2.45) is 0 Å². The van der Waals surface area contributed by atoms with Gasteiger partial charge in [-0.1, -0.05) is 5.21 Å². The van der Waals surface area contributed by atoms with Crippen LogP contribution in [0.2, 0.25) is 0 Å². The number of nitrogens with zero attached hydrogens (tertiary/aromatic N) is 4. The van der Waals surface area contributed by atoms with Crippen molar-refractivity contribution in [3.05, 3.63) is 16.7 Å². The zero-order valence-electron chi connectivity index (χ0n) is 9.54. The van der Waals surface area contributed by atoms with Gasteiger partial charge in [0.2, 0.25) is 5.65 Å². The first-order chi connectivity index (χ1) is 9.13. The fourth-order valence-corrected chi connectivity index (χ4v) is 2.12. The van der Waals surface area contributed by atoms with Crippen LogP contribution in [-0.4, -0.2) is 65.2 Å². The minimum absolute atomic E-state index is 0.0739. The van der Waals surface area contributed by atoms with Crippen LogP contribution in [0, 0.1) is 0 Å². The third-order valence-electron chi connectivity index (χ3n) is 3.08. The van der Waals surface area contributed by atoms with E-state index in [0.717, 1.165) is 0 Å². The van der Waals surface area contributed by atoms with Crippen LogP contribution in [0.3, 0.4) is 0 Å². The molecule has 10 nitrogen and oxygen atoms in total. The van der Waals surface area contributed by atoms with Gasteiger partial charge in [0.1, 0.15) is 24.6 Å². The lowest BCUT2D eigenvalue weighted by Gasteiger charge is -2.16. The summed E-state index contributed by atoms with van der Waals surface area (Å²) in [4.78, 5) is 15.6. The summed E-state index contributed by atoms with van der Waals surface area (Å²) in [7, 11) is 0. The normalized spacial score (nSPS) is 31.1. The Labute approximate surface area is 105 Å². The van der Waals surface area contributed by atoms with Gasteiger partial charge in [-0.3, -0.25) is 9.36 Å². The summed E-state index contributed by atoms with van der Waals surface area (Å²) in [6.45, 7) is -0.447. The molecule has 3 rings (SSSR count). The fourth-order valence-electron chi connectivity index (χ4n) is 2.12. The van der Waals surface area contributed by atoms with Crippen molar-refractivity contribution in [3.63, 3.8) is 0 Å². The van der Waals surface area contributed by atoms with E-state index in [-0.39, 0.29) is 11.2 Å². The number of H-pyrrole nitrogens is 1. The molecule has 0 spiro atoms. The molecule has 1 aliphatic heterocycles. The molecular weight excluding hydrogens is 258 g/mol. The topological polar surface area (TPSA) is 146 Å². The molecular formula is C9H11N5O5. The van der Waals surface area contributed by atoms with Crippen LogP contribution in [0.4, 0.5) is 0 Å². The lowest BCUT2D eigenvalue weighted by atomic mass is 10.1. The second-order valence-corrected chi connectivity index (χ2v) is 4.19. The fraction of sp³-hybridized carbons (Fsp3) is 0.556. The Morgan fingerprint density at radius 2 is 2.21 bits per heavy atom. The van der Waals surface area contributed by atoms with Crippen LogP contribution in [-0.2, 0) is 4.74 Å². The maximum atomic E-state index is 11.7. The molecule has 1 fully saturated rings. The molecule has 4 N–H and O–H groups in total. The van der Waals surface area contributed by atoms with E-state index in [1.165, 1.54) is 10.9 Å². The van der Waals surface area contributed by atoms with E-state index in [0.29, 0.717) is 0 Å². The monoisotopic (exact) mass is 269 g/mol. The largest absolute Gasteiger partial charge is 0.394 e.